The number of para-hydroxylation sites is 2. The molecule has 0 saturated carbocycles. The summed E-state index contributed by atoms with van der Waals surface area (Å²) in [6.45, 7) is 9.61. The predicted molar refractivity (Wildman–Crippen MR) is 183 cm³/mol. The number of hydrogen-bond acceptors (Lipinski definition) is 5. The number of carbonyl (C=O) groups excluding carboxylic acids is 3. The number of amides is 5. The van der Waals surface area contributed by atoms with Gasteiger partial charge in [0.15, 0.2) is 0 Å². The summed E-state index contributed by atoms with van der Waals surface area (Å²) in [6, 6.07) is 18.8. The molecule has 0 aliphatic carbocycles. The Hall–Kier alpha value is -3.63. The first-order chi connectivity index (χ1) is 22.4. The summed E-state index contributed by atoms with van der Waals surface area (Å²) in [4.78, 5) is 51.1. The Kier molecular flexibility index (Phi) is 14.2. The quantitative estimate of drug-likeness (QED) is 0.253. The number of carbonyl (C=O) groups is 3. The van der Waals surface area contributed by atoms with Crippen molar-refractivity contribution in [2.24, 2.45) is 5.73 Å². The summed E-state index contributed by atoms with van der Waals surface area (Å²) >= 11 is 0. The maximum Gasteiger partial charge on any atom is 0.329 e. The van der Waals surface area contributed by atoms with E-state index in [1.54, 1.807) is 4.90 Å². The zero-order valence-corrected chi connectivity index (χ0v) is 27.9. The van der Waals surface area contributed by atoms with E-state index in [-0.39, 0.29) is 36.5 Å². The van der Waals surface area contributed by atoms with E-state index in [4.69, 9.17) is 10.5 Å². The van der Waals surface area contributed by atoms with E-state index >= 15 is 0 Å². The molecule has 2 heterocycles. The normalized spacial score (nSPS) is 17.8. The summed E-state index contributed by atoms with van der Waals surface area (Å²) in [5.41, 5.74) is 7.23. The maximum absolute atomic E-state index is 14.8. The standard InChI is InChI=1S/C36H54N6O4/c1-3-5-13-21-39(22-14-6-4-2)35(44)40-23-24-41(33(29-40)32(19-20-34(37)43)38-25-27-46-28-26-38)36(45)42(30-15-9-7-10-16-30)31-17-11-8-12-18-31/h7-12,15-18,32-33H,3-6,13-14,19-29H2,1-2H3,(H2,37,43). The lowest BCUT2D eigenvalue weighted by atomic mass is 9.96. The second-order valence-electron chi connectivity index (χ2n) is 12.4. The minimum atomic E-state index is -0.368. The van der Waals surface area contributed by atoms with Crippen LogP contribution in [0.4, 0.5) is 21.0 Å². The number of piperazine rings is 1. The van der Waals surface area contributed by atoms with Crippen molar-refractivity contribution in [3.8, 4) is 0 Å². The second kappa shape index (κ2) is 18.5. The summed E-state index contributed by atoms with van der Waals surface area (Å²) in [6.07, 6.45) is 7.03. The van der Waals surface area contributed by atoms with Gasteiger partial charge in [-0.15, -0.1) is 0 Å². The molecular formula is C36H54N6O4. The molecule has 252 valence electrons. The minimum absolute atomic E-state index is 0.0444. The van der Waals surface area contributed by atoms with Gasteiger partial charge in [-0.3, -0.25) is 14.6 Å². The van der Waals surface area contributed by atoms with Crippen molar-refractivity contribution in [2.45, 2.75) is 77.3 Å². The average molecular weight is 635 g/mol. The van der Waals surface area contributed by atoms with Crippen LogP contribution in [0.3, 0.4) is 0 Å². The minimum Gasteiger partial charge on any atom is -0.379 e. The third-order valence-corrected chi connectivity index (χ3v) is 9.13. The van der Waals surface area contributed by atoms with Crippen LogP contribution in [-0.4, -0.2) is 109 Å². The molecule has 2 saturated heterocycles. The number of unbranched alkanes of at least 4 members (excludes halogenated alkanes) is 4. The number of rotatable bonds is 15. The van der Waals surface area contributed by atoms with E-state index in [0.29, 0.717) is 52.4 Å². The van der Waals surface area contributed by atoms with Crippen molar-refractivity contribution < 1.29 is 19.1 Å². The Bertz CT molecular complexity index is 1160. The third-order valence-electron chi connectivity index (χ3n) is 9.13. The molecule has 10 nitrogen and oxygen atoms in total. The molecule has 0 aromatic heterocycles. The molecule has 2 aromatic carbocycles. The van der Waals surface area contributed by atoms with Gasteiger partial charge in [-0.25, -0.2) is 9.59 Å². The van der Waals surface area contributed by atoms with Gasteiger partial charge in [-0.05, 0) is 43.5 Å². The summed E-state index contributed by atoms with van der Waals surface area (Å²) in [5, 5.41) is 0. The molecule has 2 fully saturated rings. The van der Waals surface area contributed by atoms with Crippen LogP contribution in [0.2, 0.25) is 0 Å². The van der Waals surface area contributed by atoms with Crippen molar-refractivity contribution in [3.63, 3.8) is 0 Å². The molecule has 0 spiro atoms. The van der Waals surface area contributed by atoms with E-state index in [2.05, 4.69) is 18.7 Å². The number of anilines is 2. The highest BCUT2D eigenvalue weighted by molar-refractivity contribution is 5.99. The highest BCUT2D eigenvalue weighted by atomic mass is 16.5. The van der Waals surface area contributed by atoms with Gasteiger partial charge < -0.3 is 25.2 Å². The third kappa shape index (κ3) is 9.69. The van der Waals surface area contributed by atoms with Crippen LogP contribution in [-0.2, 0) is 9.53 Å². The van der Waals surface area contributed by atoms with Crippen LogP contribution in [0.15, 0.2) is 60.7 Å². The van der Waals surface area contributed by atoms with Crippen molar-refractivity contribution >= 4 is 29.3 Å². The van der Waals surface area contributed by atoms with Crippen molar-refractivity contribution in [2.75, 3.05) is 63.9 Å². The van der Waals surface area contributed by atoms with E-state index in [0.717, 1.165) is 63.0 Å². The molecule has 2 atom stereocenters. The topological polar surface area (TPSA) is 103 Å². The van der Waals surface area contributed by atoms with Gasteiger partial charge in [-0.1, -0.05) is 75.9 Å². The van der Waals surface area contributed by atoms with Crippen LogP contribution >= 0.6 is 0 Å². The number of urea groups is 2. The smallest absolute Gasteiger partial charge is 0.329 e. The summed E-state index contributed by atoms with van der Waals surface area (Å²) in [5.74, 6) is -0.368. The molecule has 2 aromatic rings. The zero-order valence-electron chi connectivity index (χ0n) is 27.9. The molecular weight excluding hydrogens is 580 g/mol. The van der Waals surface area contributed by atoms with E-state index in [9.17, 15) is 14.4 Å². The Labute approximate surface area is 275 Å². The largest absolute Gasteiger partial charge is 0.379 e. The molecule has 4 rings (SSSR count). The lowest BCUT2D eigenvalue weighted by Crippen LogP contribution is -2.66. The number of nitrogens with two attached hydrogens (primary N) is 1. The highest BCUT2D eigenvalue weighted by Gasteiger charge is 2.42. The number of nitrogens with zero attached hydrogens (tertiary/aromatic N) is 5. The lowest BCUT2D eigenvalue weighted by Gasteiger charge is -2.50. The first-order valence-electron chi connectivity index (χ1n) is 17.3. The number of morpholine rings is 1. The molecule has 2 aliphatic rings. The second-order valence-corrected chi connectivity index (χ2v) is 12.4. The maximum atomic E-state index is 14.8. The molecule has 2 N–H and O–H groups in total. The van der Waals surface area contributed by atoms with Gasteiger partial charge in [0.05, 0.1) is 30.6 Å². The number of ether oxygens (including phenoxy) is 1. The van der Waals surface area contributed by atoms with E-state index in [1.165, 1.54) is 0 Å². The number of benzene rings is 2. The van der Waals surface area contributed by atoms with E-state index in [1.807, 2.05) is 75.4 Å². The number of primary amides is 1. The Morgan fingerprint density at radius 1 is 0.804 bits per heavy atom. The van der Waals surface area contributed by atoms with E-state index < -0.39 is 0 Å². The number of hydrogen-bond donors (Lipinski definition) is 1. The average Bonchev–Trinajstić information content (AvgIpc) is 3.09. The Balaban J connectivity index is 1.69. The fraction of sp³-hybridized carbons (Fsp3) is 0.583. The van der Waals surface area contributed by atoms with Gasteiger partial charge in [0.2, 0.25) is 5.91 Å². The van der Waals surface area contributed by atoms with Gasteiger partial charge >= 0.3 is 12.1 Å². The molecule has 5 amide bonds. The first-order valence-corrected chi connectivity index (χ1v) is 17.3. The molecule has 10 heteroatoms. The van der Waals surface area contributed by atoms with Crippen molar-refractivity contribution in [1.82, 2.24) is 19.6 Å². The monoisotopic (exact) mass is 634 g/mol. The zero-order chi connectivity index (χ0) is 32.7. The van der Waals surface area contributed by atoms with Crippen molar-refractivity contribution in [3.05, 3.63) is 60.7 Å². The van der Waals surface area contributed by atoms with Crippen LogP contribution in [0.1, 0.15) is 65.2 Å². The molecule has 0 bridgehead atoms. The molecule has 2 unspecified atom stereocenters. The van der Waals surface area contributed by atoms with Gasteiger partial charge in [0, 0.05) is 58.3 Å². The predicted octanol–water partition coefficient (Wildman–Crippen LogP) is 5.70. The fourth-order valence-electron chi connectivity index (χ4n) is 6.63. The Morgan fingerprint density at radius 3 is 1.89 bits per heavy atom. The highest BCUT2D eigenvalue weighted by Crippen LogP contribution is 2.30. The fourth-order valence-corrected chi connectivity index (χ4v) is 6.63. The molecule has 2 aliphatic heterocycles. The van der Waals surface area contributed by atoms with Crippen LogP contribution in [0, 0.1) is 0 Å². The Morgan fingerprint density at radius 2 is 1.37 bits per heavy atom. The van der Waals surface area contributed by atoms with Crippen LogP contribution in [0.25, 0.3) is 0 Å². The van der Waals surface area contributed by atoms with Crippen LogP contribution < -0.4 is 10.6 Å². The van der Waals surface area contributed by atoms with Crippen molar-refractivity contribution in [1.29, 1.82) is 0 Å². The molecule has 0 radical (unpaired) electrons. The van der Waals surface area contributed by atoms with Gasteiger partial charge in [-0.2, -0.15) is 0 Å². The SMILES string of the molecule is CCCCCN(CCCCC)C(=O)N1CCN(C(=O)N(c2ccccc2)c2ccccc2)C(C(CCC(N)=O)N2CCOCC2)C1. The van der Waals surface area contributed by atoms with Crippen LogP contribution in [0.5, 0.6) is 0 Å². The summed E-state index contributed by atoms with van der Waals surface area (Å²) in [7, 11) is 0. The first kappa shape index (κ1) is 35.2. The summed E-state index contributed by atoms with van der Waals surface area (Å²) < 4.78 is 5.68. The van der Waals surface area contributed by atoms with Gasteiger partial charge in [0.25, 0.3) is 0 Å². The molecule has 46 heavy (non-hydrogen) atoms. The lowest BCUT2D eigenvalue weighted by molar-refractivity contribution is -0.118. The van der Waals surface area contributed by atoms with Gasteiger partial charge in [0.1, 0.15) is 0 Å².